The average molecular weight is 796 g/mol. The molecule has 0 saturated heterocycles. The Morgan fingerprint density at radius 3 is 2.30 bits per heavy atom. The third-order valence-electron chi connectivity index (χ3n) is 10.2. The number of rotatable bonds is 23. The summed E-state index contributed by atoms with van der Waals surface area (Å²) in [7, 11) is 1.44. The van der Waals surface area contributed by atoms with Crippen molar-refractivity contribution in [1.82, 2.24) is 26.2 Å². The van der Waals surface area contributed by atoms with Gasteiger partial charge in [-0.25, -0.2) is 4.79 Å². The lowest BCUT2D eigenvalue weighted by Crippen LogP contribution is -2.54. The second kappa shape index (κ2) is 24.8. The number of carbonyl (C=O) groups is 5. The Hall–Kier alpha value is -4.73. The number of ether oxygens (including phenoxy) is 1. The maximum atomic E-state index is 14.4. The minimum atomic E-state index is -1.35. The number of amides is 4. The van der Waals surface area contributed by atoms with E-state index in [1.807, 2.05) is 0 Å². The summed E-state index contributed by atoms with van der Waals surface area (Å²) < 4.78 is 5.89. The predicted octanol–water partition coefficient (Wildman–Crippen LogP) is 3.26. The largest absolute Gasteiger partial charge is 0.507 e. The molecular formula is C42H65N7O8. The Bertz CT molecular complexity index is 1620. The Balaban J connectivity index is 1.90. The van der Waals surface area contributed by atoms with Gasteiger partial charge in [0.15, 0.2) is 0 Å². The first kappa shape index (κ1) is 46.7. The molecule has 0 unspecified atom stereocenters. The number of phenolic OH excluding ortho intramolecular Hbond substituents is 1. The summed E-state index contributed by atoms with van der Waals surface area (Å²) in [6.07, 6.45) is 11.2. The summed E-state index contributed by atoms with van der Waals surface area (Å²) in [6, 6.07) is 4.54. The van der Waals surface area contributed by atoms with Crippen LogP contribution in [-0.2, 0) is 30.4 Å². The highest BCUT2D eigenvalue weighted by atomic mass is 16.5. The van der Waals surface area contributed by atoms with E-state index in [9.17, 15) is 34.2 Å². The smallest absolute Gasteiger partial charge is 0.326 e. The number of hydrogen-bond donors (Lipinski definition) is 8. The van der Waals surface area contributed by atoms with Crippen molar-refractivity contribution < 1.29 is 38.9 Å². The van der Waals surface area contributed by atoms with Crippen molar-refractivity contribution in [3.8, 4) is 22.6 Å². The summed E-state index contributed by atoms with van der Waals surface area (Å²) in [4.78, 5) is 68.5. The van der Waals surface area contributed by atoms with Gasteiger partial charge in [0, 0.05) is 44.1 Å². The number of phenols is 1. The minimum absolute atomic E-state index is 0.0984. The van der Waals surface area contributed by atoms with Crippen molar-refractivity contribution in [2.24, 2.45) is 11.5 Å². The number of carboxylic acid groups (broad SMARTS) is 1. The third kappa shape index (κ3) is 14.9. The lowest BCUT2D eigenvalue weighted by atomic mass is 9.93. The van der Waals surface area contributed by atoms with Gasteiger partial charge in [-0.05, 0) is 81.1 Å². The van der Waals surface area contributed by atoms with Crippen molar-refractivity contribution in [3.63, 3.8) is 0 Å². The zero-order chi connectivity index (χ0) is 41.7. The van der Waals surface area contributed by atoms with Crippen LogP contribution in [0, 0.1) is 0 Å². The van der Waals surface area contributed by atoms with Crippen molar-refractivity contribution in [3.05, 3.63) is 47.5 Å². The predicted molar refractivity (Wildman–Crippen MR) is 219 cm³/mol. The van der Waals surface area contributed by atoms with Gasteiger partial charge in [-0.15, -0.1) is 0 Å². The average Bonchev–Trinajstić information content (AvgIpc) is 3.18. The molecule has 316 valence electrons. The SMILES string of the molecule is CCCCCCCCCCNCCC(=O)N[C@@H](CCCCN)C(=O)N(C)[C@@H]1C(=O)N[C@@H](C)C(=O)N[C@H](C(=O)O)Cc2ccc(OCCN)c(c2)-c2cc1ccc2O. The molecule has 0 aliphatic carbocycles. The fourth-order valence-corrected chi connectivity index (χ4v) is 6.89. The summed E-state index contributed by atoms with van der Waals surface area (Å²) in [5.41, 5.74) is 12.9. The van der Waals surface area contributed by atoms with Crippen LogP contribution in [0.3, 0.4) is 0 Å². The fraction of sp³-hybridized carbons (Fsp3) is 0.595. The molecule has 0 radical (unpaired) electrons. The van der Waals surface area contributed by atoms with Gasteiger partial charge in [0.1, 0.15) is 42.3 Å². The Labute approximate surface area is 337 Å². The highest BCUT2D eigenvalue weighted by Gasteiger charge is 2.36. The lowest BCUT2D eigenvalue weighted by molar-refractivity contribution is -0.144. The van der Waals surface area contributed by atoms with Gasteiger partial charge < -0.3 is 52.6 Å². The third-order valence-corrected chi connectivity index (χ3v) is 10.2. The Morgan fingerprint density at radius 1 is 0.895 bits per heavy atom. The van der Waals surface area contributed by atoms with Crippen LogP contribution < -0.4 is 37.5 Å². The van der Waals surface area contributed by atoms with Crippen molar-refractivity contribution in [2.75, 3.05) is 39.8 Å². The molecule has 10 N–H and O–H groups in total. The first-order chi connectivity index (χ1) is 27.4. The number of nitrogens with one attached hydrogen (secondary N) is 4. The van der Waals surface area contributed by atoms with Crippen LogP contribution in [0.2, 0.25) is 0 Å². The molecule has 15 nitrogen and oxygen atoms in total. The molecule has 4 bridgehead atoms. The van der Waals surface area contributed by atoms with Gasteiger partial charge in [0.25, 0.3) is 0 Å². The molecule has 1 aliphatic heterocycles. The molecule has 2 aromatic rings. The number of benzene rings is 2. The molecule has 0 saturated carbocycles. The molecule has 1 heterocycles. The summed E-state index contributed by atoms with van der Waals surface area (Å²) in [6.45, 7) is 5.62. The number of aromatic hydroxyl groups is 1. The van der Waals surface area contributed by atoms with Crippen molar-refractivity contribution in [1.29, 1.82) is 0 Å². The minimum Gasteiger partial charge on any atom is -0.507 e. The van der Waals surface area contributed by atoms with Crippen LogP contribution in [0.25, 0.3) is 11.1 Å². The van der Waals surface area contributed by atoms with Gasteiger partial charge in [-0.1, -0.05) is 64.0 Å². The number of likely N-dealkylation sites (N-methyl/N-ethyl adjacent to an activating group) is 1. The monoisotopic (exact) mass is 795 g/mol. The van der Waals surface area contributed by atoms with E-state index in [-0.39, 0.29) is 49.6 Å². The zero-order valence-electron chi connectivity index (χ0n) is 33.9. The first-order valence-electron chi connectivity index (χ1n) is 20.5. The number of nitrogens with zero attached hydrogens (tertiary/aromatic N) is 1. The number of carboxylic acids is 1. The van der Waals surface area contributed by atoms with Crippen molar-refractivity contribution in [2.45, 2.75) is 121 Å². The molecule has 2 aromatic carbocycles. The van der Waals surface area contributed by atoms with E-state index in [4.69, 9.17) is 16.2 Å². The molecule has 3 rings (SSSR count). The highest BCUT2D eigenvalue weighted by molar-refractivity contribution is 5.96. The normalized spacial score (nSPS) is 17.5. The van der Waals surface area contributed by atoms with Gasteiger partial charge in [-0.2, -0.15) is 0 Å². The van der Waals surface area contributed by atoms with E-state index in [2.05, 4.69) is 28.2 Å². The van der Waals surface area contributed by atoms with Crippen LogP contribution in [0.5, 0.6) is 11.5 Å². The van der Waals surface area contributed by atoms with Crippen LogP contribution >= 0.6 is 0 Å². The molecular weight excluding hydrogens is 731 g/mol. The summed E-state index contributed by atoms with van der Waals surface area (Å²) in [5, 5.41) is 32.5. The van der Waals surface area contributed by atoms with Gasteiger partial charge >= 0.3 is 5.97 Å². The second-order valence-electron chi connectivity index (χ2n) is 14.8. The summed E-state index contributed by atoms with van der Waals surface area (Å²) in [5.74, 6) is -3.43. The fourth-order valence-electron chi connectivity index (χ4n) is 6.89. The molecule has 0 fully saturated rings. The van der Waals surface area contributed by atoms with E-state index in [0.29, 0.717) is 48.4 Å². The van der Waals surface area contributed by atoms with Crippen LogP contribution in [0.4, 0.5) is 0 Å². The van der Waals surface area contributed by atoms with E-state index in [1.165, 1.54) is 69.5 Å². The Morgan fingerprint density at radius 2 is 1.61 bits per heavy atom. The number of unbranched alkanes of at least 4 members (excludes halogenated alkanes) is 8. The van der Waals surface area contributed by atoms with Gasteiger partial charge in [0.2, 0.25) is 23.6 Å². The number of carbonyl (C=O) groups excluding carboxylic acids is 4. The maximum absolute atomic E-state index is 14.4. The van der Waals surface area contributed by atoms with E-state index in [1.54, 1.807) is 24.3 Å². The molecule has 15 heteroatoms. The molecule has 4 atom stereocenters. The summed E-state index contributed by atoms with van der Waals surface area (Å²) >= 11 is 0. The zero-order valence-corrected chi connectivity index (χ0v) is 33.9. The maximum Gasteiger partial charge on any atom is 0.326 e. The standard InChI is InChI=1S/C42H65N7O8/c1-4-5-6-7-8-9-10-13-22-45-23-19-37(51)47-33(14-11-12-20-43)41(54)49(3)38-30-16-17-35(50)31(27-30)32-25-29(15-18-36(32)57-24-21-44)26-34(42(55)56)48-39(52)28(2)46-40(38)53/h15-18,25,27-28,33-34,38,45,50H,4-14,19-24,26,43-44H2,1-3H3,(H,46,53)(H,47,51)(H,48,52)(H,55,56)/t28-,33-,34-,38-/m0/s1. The quantitative estimate of drug-likeness (QED) is 0.0760. The van der Waals surface area contributed by atoms with Crippen LogP contribution in [0.15, 0.2) is 36.4 Å². The van der Waals surface area contributed by atoms with Crippen LogP contribution in [-0.4, -0.2) is 103 Å². The number of fused-ring (bicyclic) bond motifs is 5. The second-order valence-corrected chi connectivity index (χ2v) is 14.8. The number of nitrogens with two attached hydrogens (primary N) is 2. The van der Waals surface area contributed by atoms with E-state index < -0.39 is 47.9 Å². The van der Waals surface area contributed by atoms with Crippen LogP contribution in [0.1, 0.15) is 108 Å². The highest BCUT2D eigenvalue weighted by Crippen LogP contribution is 2.39. The first-order valence-corrected chi connectivity index (χ1v) is 20.5. The van der Waals surface area contributed by atoms with E-state index >= 15 is 0 Å². The number of hydrogen-bond acceptors (Lipinski definition) is 10. The molecule has 57 heavy (non-hydrogen) atoms. The van der Waals surface area contributed by atoms with Crippen molar-refractivity contribution >= 4 is 29.6 Å². The lowest BCUT2D eigenvalue weighted by Gasteiger charge is -2.32. The number of aliphatic carboxylic acids is 1. The molecule has 0 spiro atoms. The molecule has 0 aromatic heterocycles. The molecule has 1 aliphatic rings. The van der Waals surface area contributed by atoms with Gasteiger partial charge in [0.05, 0.1) is 0 Å². The Kier molecular flexibility index (Phi) is 20.3. The van der Waals surface area contributed by atoms with E-state index in [0.717, 1.165) is 19.4 Å². The molecule has 4 amide bonds. The van der Waals surface area contributed by atoms with Gasteiger partial charge in [-0.3, -0.25) is 19.2 Å². The topological polar surface area (TPSA) is 238 Å².